The Morgan fingerprint density at radius 3 is 0.740 bits per heavy atom. The Bertz CT molecular complexity index is 650. The highest BCUT2D eigenvalue weighted by molar-refractivity contribution is 4.60. The molecule has 4 nitrogen and oxygen atoms in total. The van der Waals surface area contributed by atoms with Crippen LogP contribution in [-0.4, -0.2) is 120 Å². The predicted octanol–water partition coefficient (Wildman–Crippen LogP) is 12.5. The number of quaternary nitrogens is 3. The molecule has 0 saturated carbocycles. The quantitative estimate of drug-likeness (QED) is 0.0452. The molecule has 0 aromatic carbocycles. The predicted molar refractivity (Wildman–Crippen MR) is 228 cm³/mol. The van der Waals surface area contributed by atoms with Gasteiger partial charge in [-0.2, -0.15) is 0 Å². The van der Waals surface area contributed by atoms with Crippen LogP contribution in [0, 0.1) is 0 Å². The van der Waals surface area contributed by atoms with Crippen molar-refractivity contribution in [1.29, 1.82) is 0 Å². The van der Waals surface area contributed by atoms with Crippen molar-refractivity contribution in [2.45, 2.75) is 201 Å². The summed E-state index contributed by atoms with van der Waals surface area (Å²) < 4.78 is 3.57. The number of hydrogen-bond acceptors (Lipinski definition) is 1. The molecule has 0 aliphatic heterocycles. The van der Waals surface area contributed by atoms with Gasteiger partial charge in [0.1, 0.15) is 0 Å². The van der Waals surface area contributed by atoms with Gasteiger partial charge < -0.3 is 13.4 Å². The van der Waals surface area contributed by atoms with Crippen LogP contribution in [-0.2, 0) is 0 Å². The summed E-state index contributed by atoms with van der Waals surface area (Å²) in [6.07, 6.45) is 39.9. The lowest BCUT2D eigenvalue weighted by Gasteiger charge is -2.36. The van der Waals surface area contributed by atoms with Gasteiger partial charge in [-0.1, -0.05) is 156 Å². The monoisotopic (exact) mass is 710 g/mol. The van der Waals surface area contributed by atoms with Gasteiger partial charge in [-0.3, -0.25) is 4.90 Å². The number of nitrogens with zero attached hydrogens (tertiary/aromatic N) is 4. The van der Waals surface area contributed by atoms with Crippen LogP contribution in [0.1, 0.15) is 201 Å². The van der Waals surface area contributed by atoms with E-state index in [4.69, 9.17) is 0 Å². The van der Waals surface area contributed by atoms with Crippen molar-refractivity contribution in [1.82, 2.24) is 4.90 Å². The summed E-state index contributed by atoms with van der Waals surface area (Å²) in [5.74, 6) is 0. The van der Waals surface area contributed by atoms with Crippen LogP contribution >= 0.6 is 0 Å². The van der Waals surface area contributed by atoms with E-state index in [2.05, 4.69) is 68.0 Å². The first-order valence-corrected chi connectivity index (χ1v) is 23.2. The molecule has 0 radical (unpaired) electrons. The highest BCUT2D eigenvalue weighted by Crippen LogP contribution is 2.15. The van der Waals surface area contributed by atoms with E-state index in [1.165, 1.54) is 252 Å². The molecule has 0 spiro atoms. The number of unbranched alkanes of at least 4 members (excludes halogenated alkanes) is 24. The third-order valence-corrected chi connectivity index (χ3v) is 11.9. The molecule has 4 heteroatoms. The van der Waals surface area contributed by atoms with Gasteiger partial charge in [0.15, 0.2) is 0 Å². The van der Waals surface area contributed by atoms with E-state index in [1.54, 1.807) is 0 Å². The molecule has 0 bridgehead atoms. The van der Waals surface area contributed by atoms with Crippen LogP contribution < -0.4 is 0 Å². The maximum absolute atomic E-state index is 2.87. The van der Waals surface area contributed by atoms with Crippen molar-refractivity contribution in [3.63, 3.8) is 0 Å². The van der Waals surface area contributed by atoms with Crippen molar-refractivity contribution >= 4 is 0 Å². The lowest BCUT2D eigenvalue weighted by Crippen LogP contribution is -2.50. The van der Waals surface area contributed by atoms with Gasteiger partial charge in [0.2, 0.25) is 0 Å². The second kappa shape index (κ2) is 33.4. The van der Waals surface area contributed by atoms with Crippen LogP contribution in [0.4, 0.5) is 0 Å². The molecular formula is C46H101N4+3. The van der Waals surface area contributed by atoms with E-state index < -0.39 is 0 Å². The Morgan fingerprint density at radius 1 is 0.240 bits per heavy atom. The number of likely N-dealkylation sites (N-methyl/N-ethyl adjacent to an activating group) is 2. The van der Waals surface area contributed by atoms with E-state index in [9.17, 15) is 0 Å². The van der Waals surface area contributed by atoms with E-state index >= 15 is 0 Å². The van der Waals surface area contributed by atoms with Gasteiger partial charge in [-0.15, -0.1) is 0 Å². The van der Waals surface area contributed by atoms with Crippen LogP contribution in [0.2, 0.25) is 0 Å². The molecule has 0 saturated heterocycles. The molecule has 0 aliphatic carbocycles. The molecule has 0 fully saturated rings. The molecule has 0 unspecified atom stereocenters. The van der Waals surface area contributed by atoms with Crippen LogP contribution in [0.3, 0.4) is 0 Å². The summed E-state index contributed by atoms with van der Waals surface area (Å²) in [6.45, 7) is 18.7. The van der Waals surface area contributed by atoms with E-state index in [-0.39, 0.29) is 0 Å². The maximum atomic E-state index is 2.87. The van der Waals surface area contributed by atoms with Crippen LogP contribution in [0.25, 0.3) is 0 Å². The molecule has 0 aromatic heterocycles. The molecule has 0 aliphatic rings. The largest absolute Gasteiger partial charge is 0.328 e. The lowest BCUT2D eigenvalue weighted by molar-refractivity contribution is -0.893. The van der Waals surface area contributed by atoms with Crippen molar-refractivity contribution in [2.75, 3.05) is 101 Å². The normalized spacial score (nSPS) is 12.8. The minimum Gasteiger partial charge on any atom is -0.328 e. The van der Waals surface area contributed by atoms with Gasteiger partial charge in [0, 0.05) is 26.1 Å². The highest BCUT2D eigenvalue weighted by atomic mass is 15.3. The molecule has 50 heavy (non-hydrogen) atoms. The minimum absolute atomic E-state index is 1.18. The Morgan fingerprint density at radius 2 is 0.460 bits per heavy atom. The SMILES string of the molecule is CCCCCCCCCCC[N+](C)(C)CCCN(CC[N+](C)(C)CCCCCCCCCCC)CC[N+](C)(C)CCCCCCCCCCC. The average molecular weight is 710 g/mol. The summed E-state index contributed by atoms with van der Waals surface area (Å²) >= 11 is 0. The smallest absolute Gasteiger partial charge is 0.0911 e. The fourth-order valence-electron chi connectivity index (χ4n) is 7.77. The second-order valence-electron chi connectivity index (χ2n) is 18.8. The molecule has 0 atom stereocenters. The Balaban J connectivity index is 4.69. The first-order chi connectivity index (χ1) is 24.0. The van der Waals surface area contributed by atoms with E-state index in [0.717, 1.165) is 0 Å². The second-order valence-corrected chi connectivity index (χ2v) is 18.8. The van der Waals surface area contributed by atoms with E-state index in [1.807, 2.05) is 0 Å². The summed E-state index contributed by atoms with van der Waals surface area (Å²) in [4.78, 5) is 2.87. The fourth-order valence-corrected chi connectivity index (χ4v) is 7.77. The first kappa shape index (κ1) is 49.8. The van der Waals surface area contributed by atoms with Gasteiger partial charge in [0.25, 0.3) is 0 Å². The highest BCUT2D eigenvalue weighted by Gasteiger charge is 2.22. The molecule has 302 valence electrons. The zero-order chi connectivity index (χ0) is 37.2. The van der Waals surface area contributed by atoms with Crippen molar-refractivity contribution < 1.29 is 13.4 Å². The van der Waals surface area contributed by atoms with Gasteiger partial charge in [-0.05, 0) is 38.5 Å². The topological polar surface area (TPSA) is 3.24 Å². The average Bonchev–Trinajstić information content (AvgIpc) is 3.07. The molecule has 0 N–H and O–H groups in total. The third kappa shape index (κ3) is 34.9. The number of rotatable bonds is 40. The van der Waals surface area contributed by atoms with Crippen molar-refractivity contribution in [3.05, 3.63) is 0 Å². The van der Waals surface area contributed by atoms with Crippen LogP contribution in [0.5, 0.6) is 0 Å². The fraction of sp³-hybridized carbons (Fsp3) is 1.00. The standard InChI is InChI=1S/C46H101N4/c1-10-13-16-19-22-25-28-31-34-41-48(4,5)44-37-38-47(39-45-49(6,7)42-35-32-29-26-23-20-17-14-11-2)40-46-50(8,9)43-36-33-30-27-24-21-18-15-12-3/h10-46H2,1-9H3/q+3. The lowest BCUT2D eigenvalue weighted by atomic mass is 10.1. The Labute approximate surface area is 319 Å². The zero-order valence-electron chi connectivity index (χ0n) is 37.0. The van der Waals surface area contributed by atoms with Gasteiger partial charge >= 0.3 is 0 Å². The molecular weight excluding hydrogens is 609 g/mol. The van der Waals surface area contributed by atoms with Gasteiger partial charge in [0.05, 0.1) is 81.6 Å². The summed E-state index contributed by atoms with van der Waals surface area (Å²) in [7, 11) is 15.0. The molecule has 0 aromatic rings. The van der Waals surface area contributed by atoms with Gasteiger partial charge in [-0.25, -0.2) is 0 Å². The van der Waals surface area contributed by atoms with Crippen LogP contribution in [0.15, 0.2) is 0 Å². The third-order valence-electron chi connectivity index (χ3n) is 11.9. The first-order valence-electron chi connectivity index (χ1n) is 23.2. The molecule has 0 heterocycles. The van der Waals surface area contributed by atoms with Crippen molar-refractivity contribution in [2.24, 2.45) is 0 Å². The summed E-state index contributed by atoms with van der Waals surface area (Å²) in [5.41, 5.74) is 0. The molecule has 0 rings (SSSR count). The van der Waals surface area contributed by atoms with Crippen molar-refractivity contribution in [3.8, 4) is 0 Å². The number of hydrogen-bond donors (Lipinski definition) is 0. The zero-order valence-corrected chi connectivity index (χ0v) is 37.0. The Kier molecular flexibility index (Phi) is 33.3. The summed E-state index contributed by atoms with van der Waals surface area (Å²) in [5, 5.41) is 0. The Hall–Kier alpha value is -0.160. The maximum Gasteiger partial charge on any atom is 0.0911 e. The molecule has 0 amide bonds. The van der Waals surface area contributed by atoms with E-state index in [0.29, 0.717) is 0 Å². The summed E-state index contributed by atoms with van der Waals surface area (Å²) in [6, 6.07) is 0. The minimum atomic E-state index is 1.18.